The van der Waals surface area contributed by atoms with Crippen molar-refractivity contribution in [2.24, 2.45) is 0 Å². The molecule has 0 aliphatic rings. The Hall–Kier alpha value is -0.993. The molecular weight excluding hydrogens is 194 g/mol. The van der Waals surface area contributed by atoms with Crippen molar-refractivity contribution in [3.05, 3.63) is 29.6 Å². The zero-order valence-electron chi connectivity index (χ0n) is 7.13. The fourth-order valence-corrected chi connectivity index (χ4v) is 0.682. The average Bonchev–Trinajstić information content (AvgIpc) is 2.03. The van der Waals surface area contributed by atoms with E-state index < -0.39 is 17.8 Å². The Kier molecular flexibility index (Phi) is 4.17. The molecular formula is C7H3F3LiNO2. The molecule has 0 radical (unpaired) electrons. The van der Waals surface area contributed by atoms with Crippen LogP contribution in [-0.4, -0.2) is 11.0 Å². The number of nitrogens with zero attached hydrogens (tertiary/aromatic N) is 1. The van der Waals surface area contributed by atoms with E-state index in [1.165, 1.54) is 0 Å². The maximum Gasteiger partial charge on any atom is 1.00 e. The van der Waals surface area contributed by atoms with Gasteiger partial charge in [-0.15, -0.1) is 0 Å². The van der Waals surface area contributed by atoms with Crippen molar-refractivity contribution in [2.75, 3.05) is 0 Å². The minimum Gasteiger partial charge on any atom is -0.545 e. The van der Waals surface area contributed by atoms with Crippen LogP contribution >= 0.6 is 0 Å². The number of rotatable bonds is 1. The van der Waals surface area contributed by atoms with Crippen LogP contribution in [0, 0.1) is 0 Å². The summed E-state index contributed by atoms with van der Waals surface area (Å²) in [6, 6.07) is 1.39. The van der Waals surface area contributed by atoms with Crippen LogP contribution in [-0.2, 0) is 6.18 Å². The molecule has 0 atom stereocenters. The van der Waals surface area contributed by atoms with Crippen molar-refractivity contribution in [1.82, 2.24) is 4.98 Å². The van der Waals surface area contributed by atoms with Gasteiger partial charge in [0.15, 0.2) is 0 Å². The van der Waals surface area contributed by atoms with Crippen LogP contribution in [0.1, 0.15) is 16.1 Å². The van der Waals surface area contributed by atoms with Crippen LogP contribution in [0.25, 0.3) is 0 Å². The molecule has 0 saturated heterocycles. The molecule has 0 aliphatic carbocycles. The second-order valence-electron chi connectivity index (χ2n) is 2.22. The molecule has 1 heterocycles. The second kappa shape index (κ2) is 4.49. The zero-order chi connectivity index (χ0) is 10.1. The number of alkyl halides is 3. The summed E-state index contributed by atoms with van der Waals surface area (Å²) in [7, 11) is 0. The average molecular weight is 197 g/mol. The van der Waals surface area contributed by atoms with Gasteiger partial charge in [0.2, 0.25) is 0 Å². The molecule has 0 saturated carbocycles. The Morgan fingerprint density at radius 2 is 1.93 bits per heavy atom. The van der Waals surface area contributed by atoms with Gasteiger partial charge in [0.05, 0.1) is 5.97 Å². The molecule has 0 aromatic carbocycles. The van der Waals surface area contributed by atoms with Crippen LogP contribution < -0.4 is 24.0 Å². The number of pyridine rings is 1. The number of halogens is 3. The first-order valence-corrected chi connectivity index (χ1v) is 3.16. The smallest absolute Gasteiger partial charge is 0.545 e. The van der Waals surface area contributed by atoms with Gasteiger partial charge in [-0.2, -0.15) is 13.2 Å². The third kappa shape index (κ3) is 3.05. The molecule has 0 N–H and O–H groups in total. The van der Waals surface area contributed by atoms with Gasteiger partial charge in [-0.05, 0) is 12.1 Å². The van der Waals surface area contributed by atoms with E-state index >= 15 is 0 Å². The minimum absolute atomic E-state index is 0. The number of hydrogen-bond donors (Lipinski definition) is 0. The maximum absolute atomic E-state index is 11.9. The number of aromatic nitrogens is 1. The van der Waals surface area contributed by atoms with Gasteiger partial charge in [-0.1, -0.05) is 0 Å². The van der Waals surface area contributed by atoms with Gasteiger partial charge in [0.25, 0.3) is 0 Å². The van der Waals surface area contributed by atoms with Crippen molar-refractivity contribution >= 4 is 5.97 Å². The number of carboxylic acid groups (broad SMARTS) is 1. The van der Waals surface area contributed by atoms with Gasteiger partial charge in [0.1, 0.15) is 5.69 Å². The molecule has 0 unspecified atom stereocenters. The van der Waals surface area contributed by atoms with Gasteiger partial charge in [-0.25, -0.2) is 0 Å². The molecule has 1 rings (SSSR count). The van der Waals surface area contributed by atoms with Crippen molar-refractivity contribution in [3.8, 4) is 0 Å². The Morgan fingerprint density at radius 1 is 1.36 bits per heavy atom. The number of hydrogen-bond acceptors (Lipinski definition) is 3. The number of aromatic carboxylic acids is 1. The van der Waals surface area contributed by atoms with E-state index in [-0.39, 0.29) is 24.4 Å². The Morgan fingerprint density at radius 3 is 2.21 bits per heavy atom. The molecule has 14 heavy (non-hydrogen) atoms. The summed E-state index contributed by atoms with van der Waals surface area (Å²) in [6.45, 7) is 0. The summed E-state index contributed by atoms with van der Waals surface area (Å²) < 4.78 is 35.7. The normalized spacial score (nSPS) is 10.5. The van der Waals surface area contributed by atoms with Crippen LogP contribution in [0.15, 0.2) is 18.3 Å². The van der Waals surface area contributed by atoms with Crippen molar-refractivity contribution in [3.63, 3.8) is 0 Å². The largest absolute Gasteiger partial charge is 1.00 e. The molecule has 1 aromatic rings. The molecule has 0 fully saturated rings. The quantitative estimate of drug-likeness (QED) is 0.466. The number of carbonyl (C=O) groups excluding carboxylic acids is 1. The monoisotopic (exact) mass is 197 g/mol. The van der Waals surface area contributed by atoms with Crippen molar-refractivity contribution < 1.29 is 41.9 Å². The van der Waals surface area contributed by atoms with Gasteiger partial charge >= 0.3 is 25.0 Å². The molecule has 0 spiro atoms. The SMILES string of the molecule is O=C([O-])c1ccc(C(F)(F)F)nc1.[Li+]. The van der Waals surface area contributed by atoms with E-state index in [1.54, 1.807) is 0 Å². The molecule has 7 heteroatoms. The molecule has 0 aliphatic heterocycles. The standard InChI is InChI=1S/C7H4F3NO2.Li/c8-7(9,10)5-2-1-4(3-11-5)6(12)13;/h1-3H,(H,12,13);/q;+1/p-1. The summed E-state index contributed by atoms with van der Waals surface area (Å²) in [6.07, 6.45) is -3.94. The number of carbonyl (C=O) groups is 1. The van der Waals surface area contributed by atoms with Gasteiger partial charge in [0, 0.05) is 11.8 Å². The number of carboxylic acids is 1. The fraction of sp³-hybridized carbons (Fsp3) is 0.143. The Balaban J connectivity index is 0.00000169. The van der Waals surface area contributed by atoms with Crippen LogP contribution in [0.5, 0.6) is 0 Å². The first-order chi connectivity index (χ1) is 5.91. The van der Waals surface area contributed by atoms with Crippen LogP contribution in [0.4, 0.5) is 13.2 Å². The third-order valence-electron chi connectivity index (χ3n) is 1.29. The van der Waals surface area contributed by atoms with E-state index in [0.717, 1.165) is 6.07 Å². The van der Waals surface area contributed by atoms with E-state index in [0.29, 0.717) is 12.3 Å². The summed E-state index contributed by atoms with van der Waals surface area (Å²) in [5, 5.41) is 10.1. The van der Waals surface area contributed by atoms with Crippen molar-refractivity contribution in [2.45, 2.75) is 6.18 Å². The van der Waals surface area contributed by atoms with E-state index in [1.807, 2.05) is 0 Å². The van der Waals surface area contributed by atoms with Crippen molar-refractivity contribution in [1.29, 1.82) is 0 Å². The maximum atomic E-state index is 11.9. The van der Waals surface area contributed by atoms with Gasteiger partial charge in [-0.3, -0.25) is 4.98 Å². The second-order valence-corrected chi connectivity index (χ2v) is 2.22. The fourth-order valence-electron chi connectivity index (χ4n) is 0.682. The molecule has 0 bridgehead atoms. The summed E-state index contributed by atoms with van der Waals surface area (Å²) in [5.74, 6) is -1.55. The van der Waals surface area contributed by atoms with E-state index in [4.69, 9.17) is 0 Å². The third-order valence-corrected chi connectivity index (χ3v) is 1.29. The first kappa shape index (κ1) is 13.0. The van der Waals surface area contributed by atoms with E-state index in [2.05, 4.69) is 4.98 Å². The summed E-state index contributed by atoms with van der Waals surface area (Å²) in [4.78, 5) is 13.1. The summed E-state index contributed by atoms with van der Waals surface area (Å²) in [5.41, 5.74) is -1.51. The molecule has 0 amide bonds. The molecule has 1 aromatic heterocycles. The predicted molar refractivity (Wildman–Crippen MR) is 33.6 cm³/mol. The van der Waals surface area contributed by atoms with Crippen LogP contribution in [0.3, 0.4) is 0 Å². The minimum atomic E-state index is -4.55. The Labute approximate surface area is 89.1 Å². The van der Waals surface area contributed by atoms with Gasteiger partial charge < -0.3 is 9.90 Å². The topological polar surface area (TPSA) is 53.0 Å². The molecule has 3 nitrogen and oxygen atoms in total. The Bertz CT molecular complexity index is 323. The predicted octanol–water partition coefficient (Wildman–Crippen LogP) is -2.53. The molecule has 70 valence electrons. The zero-order valence-corrected chi connectivity index (χ0v) is 7.13. The first-order valence-electron chi connectivity index (χ1n) is 3.16. The van der Waals surface area contributed by atoms with E-state index in [9.17, 15) is 23.1 Å². The van der Waals surface area contributed by atoms with Crippen LogP contribution in [0.2, 0.25) is 0 Å². The summed E-state index contributed by atoms with van der Waals surface area (Å²) >= 11 is 0.